The topological polar surface area (TPSA) is 83.1 Å². The first-order valence-corrected chi connectivity index (χ1v) is 13.7. The van der Waals surface area contributed by atoms with Gasteiger partial charge < -0.3 is 24.9 Å². The molecule has 3 N–H and O–H groups in total. The van der Waals surface area contributed by atoms with Gasteiger partial charge in [0.25, 0.3) is 0 Å². The molecule has 2 aromatic carbocycles. The fourth-order valence-electron chi connectivity index (χ4n) is 6.02. The number of allylic oxidation sites excluding steroid dienone is 1. The lowest BCUT2D eigenvalue weighted by atomic mass is 9.89. The fourth-order valence-corrected chi connectivity index (χ4v) is 6.02. The first-order chi connectivity index (χ1) is 19.5. The number of piperidine rings is 1. The van der Waals surface area contributed by atoms with E-state index in [4.69, 9.17) is 9.94 Å². The number of hydrogen-bond acceptors (Lipinski definition) is 6. The molecular weight excluding hydrogens is 549 g/mol. The minimum Gasteiger partial charge on any atom is -0.478 e. The van der Waals surface area contributed by atoms with Crippen LogP contribution in [0.2, 0.25) is 0 Å². The quantitative estimate of drug-likeness (QED) is 0.303. The molecule has 4 atom stereocenters. The van der Waals surface area contributed by atoms with E-state index in [2.05, 4.69) is 15.5 Å². The summed E-state index contributed by atoms with van der Waals surface area (Å²) in [5, 5.41) is 12.7. The van der Waals surface area contributed by atoms with Gasteiger partial charge in [0.05, 0.1) is 11.6 Å². The number of nitrogens with one attached hydrogen (secondary N) is 2. The summed E-state index contributed by atoms with van der Waals surface area (Å²) in [6, 6.07) is 6.43. The minimum absolute atomic E-state index is 0.0495. The predicted octanol–water partition coefficient (Wildman–Crippen LogP) is 6.23. The van der Waals surface area contributed by atoms with Gasteiger partial charge in [-0.2, -0.15) is 0 Å². The van der Waals surface area contributed by atoms with Gasteiger partial charge in [0, 0.05) is 41.7 Å². The third kappa shape index (κ3) is 6.28. The van der Waals surface area contributed by atoms with Crippen LogP contribution in [0.4, 0.5) is 27.6 Å². The molecule has 2 aliphatic heterocycles. The van der Waals surface area contributed by atoms with Gasteiger partial charge in [-0.3, -0.25) is 0 Å². The SMILES string of the molecule is CCC1CC(NCC2=C(C3CC3)ONC2c2ccccc2OC(F)(F)F)CC(C)N1c1c(F)cc(C(=O)O)cc1F. The van der Waals surface area contributed by atoms with Gasteiger partial charge in [0.2, 0.25) is 0 Å². The average molecular weight is 582 g/mol. The number of hydrogen-bond donors (Lipinski definition) is 3. The molecule has 1 aliphatic carbocycles. The summed E-state index contributed by atoms with van der Waals surface area (Å²) in [6.07, 6.45) is -1.30. The van der Waals surface area contributed by atoms with Crippen molar-refractivity contribution in [3.8, 4) is 5.75 Å². The number of para-hydroxylation sites is 1. The van der Waals surface area contributed by atoms with Crippen LogP contribution < -0.4 is 20.4 Å². The van der Waals surface area contributed by atoms with Gasteiger partial charge in [0.1, 0.15) is 28.8 Å². The highest BCUT2D eigenvalue weighted by molar-refractivity contribution is 5.88. The van der Waals surface area contributed by atoms with Crippen molar-refractivity contribution in [2.45, 2.75) is 76.5 Å². The number of halogens is 5. The van der Waals surface area contributed by atoms with Gasteiger partial charge in [-0.05, 0) is 57.2 Å². The Bertz CT molecular complexity index is 1310. The number of carbonyl (C=O) groups is 1. The summed E-state index contributed by atoms with van der Waals surface area (Å²) < 4.78 is 73.6. The van der Waals surface area contributed by atoms with E-state index in [1.54, 1.807) is 17.0 Å². The molecule has 12 heteroatoms. The van der Waals surface area contributed by atoms with Crippen molar-refractivity contribution >= 4 is 11.7 Å². The maximum atomic E-state index is 15.0. The van der Waals surface area contributed by atoms with Crippen molar-refractivity contribution in [1.82, 2.24) is 10.8 Å². The van der Waals surface area contributed by atoms with Gasteiger partial charge in [-0.15, -0.1) is 18.7 Å². The summed E-state index contributed by atoms with van der Waals surface area (Å²) in [5.41, 5.74) is 3.32. The van der Waals surface area contributed by atoms with E-state index >= 15 is 0 Å². The number of ether oxygens (including phenoxy) is 1. The Labute approximate surface area is 234 Å². The lowest BCUT2D eigenvalue weighted by molar-refractivity contribution is -0.275. The van der Waals surface area contributed by atoms with E-state index in [0.29, 0.717) is 31.4 Å². The number of benzene rings is 2. The molecule has 4 unspecified atom stereocenters. The molecule has 0 spiro atoms. The normalized spacial score (nSPS) is 24.9. The Morgan fingerprint density at radius 2 is 1.85 bits per heavy atom. The monoisotopic (exact) mass is 581 g/mol. The van der Waals surface area contributed by atoms with Crippen molar-refractivity contribution in [1.29, 1.82) is 0 Å². The molecule has 0 radical (unpaired) electrons. The van der Waals surface area contributed by atoms with Crippen LogP contribution in [0.3, 0.4) is 0 Å². The standard InChI is InChI=1S/C29H32F5N3O4/c1-3-19-13-18(10-15(2)37(19)26-22(30)11-17(28(38)39)12-23(26)31)35-14-21-25(36-41-27(21)16-8-9-16)20-6-4-5-7-24(20)40-29(32,33)34/h4-7,11-12,15-16,18-19,25,35-36H,3,8-10,13-14H2,1-2H3,(H,38,39). The van der Waals surface area contributed by atoms with Crippen molar-refractivity contribution < 1.29 is 41.4 Å². The van der Waals surface area contributed by atoms with Gasteiger partial charge >= 0.3 is 12.3 Å². The number of hydroxylamine groups is 1. The Hall–Kier alpha value is -3.38. The Balaban J connectivity index is 1.34. The highest BCUT2D eigenvalue weighted by atomic mass is 19.4. The van der Waals surface area contributed by atoms with Crippen molar-refractivity contribution in [2.24, 2.45) is 5.92 Å². The van der Waals surface area contributed by atoms with Crippen molar-refractivity contribution in [3.63, 3.8) is 0 Å². The largest absolute Gasteiger partial charge is 0.573 e. The van der Waals surface area contributed by atoms with E-state index in [0.717, 1.165) is 36.3 Å². The minimum atomic E-state index is -4.84. The summed E-state index contributed by atoms with van der Waals surface area (Å²) >= 11 is 0. The van der Waals surface area contributed by atoms with Crippen molar-refractivity contribution in [2.75, 3.05) is 11.4 Å². The molecule has 0 aromatic heterocycles. The number of rotatable bonds is 9. The number of alkyl halides is 3. The van der Waals surface area contributed by atoms with E-state index in [1.807, 2.05) is 13.8 Å². The van der Waals surface area contributed by atoms with Crippen LogP contribution in [0.1, 0.15) is 67.9 Å². The second-order valence-electron chi connectivity index (χ2n) is 10.9. The molecule has 1 saturated carbocycles. The molecule has 3 aliphatic rings. The third-order valence-corrected chi connectivity index (χ3v) is 7.98. The van der Waals surface area contributed by atoms with Crippen LogP contribution in [0.25, 0.3) is 0 Å². The van der Waals surface area contributed by atoms with Crippen molar-refractivity contribution in [3.05, 3.63) is 70.5 Å². The van der Waals surface area contributed by atoms with Crippen LogP contribution >= 0.6 is 0 Å². The summed E-state index contributed by atoms with van der Waals surface area (Å²) in [7, 11) is 0. The molecule has 1 saturated heterocycles. The zero-order valence-corrected chi connectivity index (χ0v) is 22.6. The van der Waals surface area contributed by atoms with Gasteiger partial charge in [0.15, 0.2) is 0 Å². The molecular formula is C29H32F5N3O4. The highest BCUT2D eigenvalue weighted by Gasteiger charge is 2.41. The lowest BCUT2D eigenvalue weighted by Crippen LogP contribution is -2.54. The average Bonchev–Trinajstić information content (AvgIpc) is 3.66. The van der Waals surface area contributed by atoms with Gasteiger partial charge in [-0.1, -0.05) is 25.1 Å². The number of nitrogens with zero attached hydrogens (tertiary/aromatic N) is 1. The molecule has 2 fully saturated rings. The van der Waals surface area contributed by atoms with Crippen LogP contribution in [0.5, 0.6) is 5.75 Å². The van der Waals surface area contributed by atoms with E-state index < -0.39 is 35.6 Å². The molecule has 2 heterocycles. The van der Waals surface area contributed by atoms with Crippen LogP contribution in [-0.2, 0) is 4.84 Å². The van der Waals surface area contributed by atoms with Crippen LogP contribution in [0, 0.1) is 17.6 Å². The zero-order chi connectivity index (χ0) is 29.5. The van der Waals surface area contributed by atoms with Crippen LogP contribution in [0.15, 0.2) is 47.7 Å². The molecule has 222 valence electrons. The fraction of sp³-hybridized carbons (Fsp3) is 0.483. The number of anilines is 1. The third-order valence-electron chi connectivity index (χ3n) is 7.98. The maximum Gasteiger partial charge on any atom is 0.573 e. The molecule has 0 amide bonds. The smallest absolute Gasteiger partial charge is 0.478 e. The number of carboxylic acids is 1. The van der Waals surface area contributed by atoms with E-state index in [-0.39, 0.29) is 35.5 Å². The molecule has 41 heavy (non-hydrogen) atoms. The summed E-state index contributed by atoms with van der Waals surface area (Å²) in [6.45, 7) is 4.13. The predicted molar refractivity (Wildman–Crippen MR) is 140 cm³/mol. The summed E-state index contributed by atoms with van der Waals surface area (Å²) in [4.78, 5) is 18.7. The van der Waals surface area contributed by atoms with Crippen LogP contribution in [-0.4, -0.2) is 42.1 Å². The zero-order valence-electron chi connectivity index (χ0n) is 22.6. The second-order valence-corrected chi connectivity index (χ2v) is 10.9. The Morgan fingerprint density at radius 1 is 1.17 bits per heavy atom. The van der Waals surface area contributed by atoms with E-state index in [9.17, 15) is 26.7 Å². The Kier molecular flexibility index (Phi) is 8.15. The summed E-state index contributed by atoms with van der Waals surface area (Å²) in [5.74, 6) is -2.63. The number of aromatic carboxylic acids is 1. The molecule has 2 aromatic rings. The second kappa shape index (κ2) is 11.5. The first-order valence-electron chi connectivity index (χ1n) is 13.7. The van der Waals surface area contributed by atoms with E-state index in [1.165, 1.54) is 12.1 Å². The number of carboxylic acid groups (broad SMARTS) is 1. The lowest BCUT2D eigenvalue weighted by Gasteiger charge is -2.46. The molecule has 5 rings (SSSR count). The molecule has 7 nitrogen and oxygen atoms in total. The Morgan fingerprint density at radius 3 is 2.46 bits per heavy atom. The molecule has 0 bridgehead atoms. The van der Waals surface area contributed by atoms with Gasteiger partial charge in [-0.25, -0.2) is 13.6 Å². The maximum absolute atomic E-state index is 15.0. The highest BCUT2D eigenvalue weighted by Crippen LogP contribution is 2.46. The first kappa shape index (κ1) is 29.1.